The predicted molar refractivity (Wildman–Crippen MR) is 86.5 cm³/mol. The Hall–Kier alpha value is -0.940. The quantitative estimate of drug-likeness (QED) is 0.835. The summed E-state index contributed by atoms with van der Waals surface area (Å²) in [6.45, 7) is 10.5. The molecule has 2 atom stereocenters. The third-order valence-corrected chi connectivity index (χ3v) is 5.66. The Labute approximate surface area is 133 Å². The molecular weight excluding hydrogens is 274 g/mol. The van der Waals surface area contributed by atoms with Crippen LogP contribution < -0.4 is 0 Å². The molecule has 5 heteroatoms. The van der Waals surface area contributed by atoms with Crippen LogP contribution in [0.1, 0.15) is 51.4 Å². The van der Waals surface area contributed by atoms with Gasteiger partial charge in [-0.25, -0.2) is 0 Å². The Morgan fingerprint density at radius 2 is 2.00 bits per heavy atom. The summed E-state index contributed by atoms with van der Waals surface area (Å²) in [6.07, 6.45) is 7.62. The molecule has 3 saturated heterocycles. The van der Waals surface area contributed by atoms with Gasteiger partial charge in [-0.2, -0.15) is 0 Å². The lowest BCUT2D eigenvalue weighted by Gasteiger charge is -2.36. The highest BCUT2D eigenvalue weighted by atomic mass is 15.3. The highest BCUT2D eigenvalue weighted by Gasteiger charge is 2.37. The molecular formula is C17H29N5. The van der Waals surface area contributed by atoms with E-state index in [2.05, 4.69) is 38.4 Å². The summed E-state index contributed by atoms with van der Waals surface area (Å²) in [5.74, 6) is 3.00. The van der Waals surface area contributed by atoms with Gasteiger partial charge in [-0.3, -0.25) is 9.80 Å². The molecule has 1 aromatic heterocycles. The molecule has 1 aliphatic carbocycles. The monoisotopic (exact) mass is 303 g/mol. The number of hydrogen-bond acceptors (Lipinski definition) is 4. The topological polar surface area (TPSA) is 37.2 Å². The van der Waals surface area contributed by atoms with Crippen molar-refractivity contribution in [3.05, 3.63) is 12.2 Å². The first-order valence-electron chi connectivity index (χ1n) is 9.04. The molecule has 4 aliphatic rings. The van der Waals surface area contributed by atoms with Crippen LogP contribution in [0.25, 0.3) is 0 Å². The molecule has 122 valence electrons. The number of fused-ring (bicyclic) bond motifs is 4. The van der Waals surface area contributed by atoms with Crippen LogP contribution in [0.2, 0.25) is 0 Å². The van der Waals surface area contributed by atoms with Crippen molar-refractivity contribution in [2.75, 3.05) is 26.2 Å². The molecule has 0 unspecified atom stereocenters. The minimum absolute atomic E-state index is 0.445. The third kappa shape index (κ3) is 3.06. The smallest absolute Gasteiger partial charge is 0.147 e. The summed E-state index contributed by atoms with van der Waals surface area (Å²) in [7, 11) is 0. The first-order valence-corrected chi connectivity index (χ1v) is 9.04. The molecule has 0 radical (unpaired) electrons. The SMILES string of the molecule is CC(C)n1cnnc1CN1C[C@@H]2CC[C@H](C1)N(CC1CC1)C2. The summed E-state index contributed by atoms with van der Waals surface area (Å²) in [5.41, 5.74) is 0. The van der Waals surface area contributed by atoms with Crippen LogP contribution in [0.4, 0.5) is 0 Å². The average molecular weight is 303 g/mol. The molecule has 4 heterocycles. The average Bonchev–Trinajstić information content (AvgIpc) is 3.23. The zero-order valence-electron chi connectivity index (χ0n) is 14.0. The van der Waals surface area contributed by atoms with E-state index < -0.39 is 0 Å². The Morgan fingerprint density at radius 1 is 1.14 bits per heavy atom. The van der Waals surface area contributed by atoms with E-state index in [4.69, 9.17) is 0 Å². The summed E-state index contributed by atoms with van der Waals surface area (Å²) in [6, 6.07) is 1.22. The molecule has 0 amide bonds. The second kappa shape index (κ2) is 5.93. The highest BCUT2D eigenvalue weighted by Crippen LogP contribution is 2.35. The number of piperidine rings is 1. The normalized spacial score (nSPS) is 30.1. The van der Waals surface area contributed by atoms with Gasteiger partial charge in [0.15, 0.2) is 0 Å². The summed E-state index contributed by atoms with van der Waals surface area (Å²) >= 11 is 0. The van der Waals surface area contributed by atoms with Gasteiger partial charge in [-0.15, -0.1) is 10.2 Å². The van der Waals surface area contributed by atoms with Crippen molar-refractivity contribution < 1.29 is 0 Å². The van der Waals surface area contributed by atoms with Crippen LogP contribution in [-0.4, -0.2) is 56.8 Å². The van der Waals surface area contributed by atoms with Gasteiger partial charge in [-0.05, 0) is 51.4 Å². The van der Waals surface area contributed by atoms with Crippen molar-refractivity contribution in [2.24, 2.45) is 11.8 Å². The number of rotatable bonds is 5. The van der Waals surface area contributed by atoms with Crippen LogP contribution in [0.15, 0.2) is 6.33 Å². The Balaban J connectivity index is 1.44. The maximum Gasteiger partial charge on any atom is 0.147 e. The zero-order valence-corrected chi connectivity index (χ0v) is 14.0. The van der Waals surface area contributed by atoms with Crippen LogP contribution in [0.5, 0.6) is 0 Å². The fourth-order valence-electron chi connectivity index (χ4n) is 4.27. The molecule has 1 saturated carbocycles. The van der Waals surface area contributed by atoms with E-state index in [1.165, 1.54) is 51.9 Å². The van der Waals surface area contributed by atoms with Crippen molar-refractivity contribution in [1.82, 2.24) is 24.6 Å². The molecule has 4 fully saturated rings. The van der Waals surface area contributed by atoms with Gasteiger partial charge < -0.3 is 4.57 Å². The minimum atomic E-state index is 0.445. The van der Waals surface area contributed by atoms with E-state index in [-0.39, 0.29) is 0 Å². The molecule has 1 aromatic rings. The van der Waals surface area contributed by atoms with Gasteiger partial charge in [0.2, 0.25) is 0 Å². The van der Waals surface area contributed by atoms with Crippen molar-refractivity contribution in [3.8, 4) is 0 Å². The maximum absolute atomic E-state index is 4.37. The van der Waals surface area contributed by atoms with E-state index in [1.54, 1.807) is 0 Å². The van der Waals surface area contributed by atoms with E-state index >= 15 is 0 Å². The number of nitrogens with zero attached hydrogens (tertiary/aromatic N) is 5. The molecule has 2 bridgehead atoms. The first-order chi connectivity index (χ1) is 10.7. The van der Waals surface area contributed by atoms with Crippen molar-refractivity contribution in [2.45, 2.75) is 58.2 Å². The van der Waals surface area contributed by atoms with E-state index in [1.807, 2.05) is 6.33 Å². The van der Waals surface area contributed by atoms with Crippen LogP contribution in [0, 0.1) is 11.8 Å². The summed E-state index contributed by atoms with van der Waals surface area (Å²) < 4.78 is 2.22. The molecule has 0 spiro atoms. The predicted octanol–water partition coefficient (Wildman–Crippen LogP) is 2.17. The molecule has 5 rings (SSSR count). The van der Waals surface area contributed by atoms with Crippen LogP contribution >= 0.6 is 0 Å². The molecule has 0 aromatic carbocycles. The minimum Gasteiger partial charge on any atom is -0.314 e. The van der Waals surface area contributed by atoms with Crippen molar-refractivity contribution in [1.29, 1.82) is 0 Å². The second-order valence-electron chi connectivity index (χ2n) is 7.94. The Kier molecular flexibility index (Phi) is 3.95. The lowest BCUT2D eigenvalue weighted by atomic mass is 9.95. The van der Waals surface area contributed by atoms with Gasteiger partial charge in [0.1, 0.15) is 12.2 Å². The van der Waals surface area contributed by atoms with E-state index in [9.17, 15) is 0 Å². The van der Waals surface area contributed by atoms with Gasteiger partial charge in [0.25, 0.3) is 0 Å². The second-order valence-corrected chi connectivity index (χ2v) is 7.94. The zero-order chi connectivity index (χ0) is 15.1. The summed E-state index contributed by atoms with van der Waals surface area (Å²) in [5, 5.41) is 8.49. The van der Waals surface area contributed by atoms with Gasteiger partial charge in [0.05, 0.1) is 6.54 Å². The Bertz CT molecular complexity index is 507. The third-order valence-electron chi connectivity index (χ3n) is 5.66. The van der Waals surface area contributed by atoms with Gasteiger partial charge >= 0.3 is 0 Å². The summed E-state index contributed by atoms with van der Waals surface area (Å²) in [4.78, 5) is 5.44. The number of aromatic nitrogens is 3. The van der Waals surface area contributed by atoms with Gasteiger partial charge in [0, 0.05) is 38.3 Å². The maximum atomic E-state index is 4.37. The molecule has 3 aliphatic heterocycles. The van der Waals surface area contributed by atoms with Crippen molar-refractivity contribution in [3.63, 3.8) is 0 Å². The largest absolute Gasteiger partial charge is 0.314 e. The Morgan fingerprint density at radius 3 is 2.77 bits per heavy atom. The molecule has 22 heavy (non-hydrogen) atoms. The standard InChI is InChI=1S/C17H29N5/c1-13(2)22-12-18-19-17(22)11-20-7-15-5-6-16(10-20)21(9-15)8-14-3-4-14/h12-16H,3-11H2,1-2H3/t15-,16+/m0/s1. The van der Waals surface area contributed by atoms with Gasteiger partial charge in [-0.1, -0.05) is 0 Å². The fourth-order valence-corrected chi connectivity index (χ4v) is 4.27. The fraction of sp³-hybridized carbons (Fsp3) is 0.882. The van der Waals surface area contributed by atoms with E-state index in [0.717, 1.165) is 30.2 Å². The van der Waals surface area contributed by atoms with Crippen molar-refractivity contribution >= 4 is 0 Å². The molecule has 0 N–H and O–H groups in total. The lowest BCUT2D eigenvalue weighted by Crippen LogP contribution is -2.44. The highest BCUT2D eigenvalue weighted by molar-refractivity contribution is 4.95. The van der Waals surface area contributed by atoms with E-state index in [0.29, 0.717) is 6.04 Å². The lowest BCUT2D eigenvalue weighted by molar-refractivity contribution is 0.125. The molecule has 5 nitrogen and oxygen atoms in total. The van der Waals surface area contributed by atoms with Crippen LogP contribution in [0.3, 0.4) is 0 Å². The first kappa shape index (κ1) is 14.6. The van der Waals surface area contributed by atoms with Crippen LogP contribution in [-0.2, 0) is 6.54 Å². The number of hydrogen-bond donors (Lipinski definition) is 0.